The molecule has 0 saturated carbocycles. The summed E-state index contributed by atoms with van der Waals surface area (Å²) in [4.78, 5) is 13.9. The van der Waals surface area contributed by atoms with Crippen molar-refractivity contribution in [3.63, 3.8) is 0 Å². The van der Waals surface area contributed by atoms with Crippen LogP contribution in [0.3, 0.4) is 0 Å². The molecule has 0 radical (unpaired) electrons. The van der Waals surface area contributed by atoms with Gasteiger partial charge in [0.1, 0.15) is 0 Å². The van der Waals surface area contributed by atoms with Gasteiger partial charge in [-0.25, -0.2) is 4.98 Å². The fraction of sp³-hybridized carbons (Fsp3) is 0.320. The normalized spacial score (nSPS) is 12.5. The molecule has 4 aromatic rings. The second kappa shape index (κ2) is 9.56. The Morgan fingerprint density at radius 3 is 2.56 bits per heavy atom. The van der Waals surface area contributed by atoms with Gasteiger partial charge in [0.2, 0.25) is 5.95 Å². The van der Waals surface area contributed by atoms with E-state index in [2.05, 4.69) is 20.6 Å². The van der Waals surface area contributed by atoms with E-state index in [-0.39, 0.29) is 11.8 Å². The number of benzene rings is 2. The van der Waals surface area contributed by atoms with Crippen molar-refractivity contribution >= 4 is 22.9 Å². The number of nitrogens with one attached hydrogen (secondary N) is 2. The van der Waals surface area contributed by atoms with Crippen molar-refractivity contribution in [2.75, 3.05) is 17.7 Å². The molecule has 0 bridgehead atoms. The first-order chi connectivity index (χ1) is 16.3. The Morgan fingerprint density at radius 2 is 1.85 bits per heavy atom. The van der Waals surface area contributed by atoms with E-state index in [1.54, 1.807) is 26.2 Å². The minimum absolute atomic E-state index is 0.0754. The molecule has 34 heavy (non-hydrogen) atoms. The summed E-state index contributed by atoms with van der Waals surface area (Å²) in [5.41, 5.74) is 2.08. The molecule has 9 heteroatoms. The maximum atomic E-state index is 10.5. The third-order valence-corrected chi connectivity index (χ3v) is 5.81. The molecule has 178 valence electrons. The summed E-state index contributed by atoms with van der Waals surface area (Å²) < 4.78 is 7.17. The molecule has 0 spiro atoms. The molecule has 0 saturated heterocycles. The number of hydrogen-bond donors (Lipinski definition) is 4. The molecular weight excluding hydrogens is 432 g/mol. The van der Waals surface area contributed by atoms with Crippen LogP contribution in [0.15, 0.2) is 54.9 Å². The summed E-state index contributed by atoms with van der Waals surface area (Å²) in [5.74, 6) is 1.37. The Balaban J connectivity index is 1.70. The van der Waals surface area contributed by atoms with Crippen LogP contribution in [-0.2, 0) is 13.1 Å². The zero-order valence-electron chi connectivity index (χ0n) is 19.8. The molecule has 0 aliphatic heterocycles. The van der Waals surface area contributed by atoms with Gasteiger partial charge in [0.05, 0.1) is 31.6 Å². The lowest BCUT2D eigenvalue weighted by molar-refractivity contribution is 0.0646. The standard InChI is InChI=1S/C25H30N6O3/c1-16(25(2,3)33)28-24-29-22(26-13-18-11-8-12-19(34-4)21(18)32)20-23(30-24)31(15-27-20)14-17-9-6-5-7-10-17/h5-12,15-16,32-33H,13-14H2,1-4H3,(H2,26,28,29,30). The Morgan fingerprint density at radius 1 is 1.09 bits per heavy atom. The van der Waals surface area contributed by atoms with Gasteiger partial charge >= 0.3 is 0 Å². The quantitative estimate of drug-likeness (QED) is 0.297. The number of ether oxygens (including phenoxy) is 1. The third-order valence-electron chi connectivity index (χ3n) is 5.81. The molecule has 1 atom stereocenters. The summed E-state index contributed by atoms with van der Waals surface area (Å²) in [6.07, 6.45) is 1.74. The van der Waals surface area contributed by atoms with Gasteiger partial charge < -0.3 is 30.2 Å². The first-order valence-corrected chi connectivity index (χ1v) is 11.1. The number of phenols is 1. The van der Waals surface area contributed by atoms with Crippen molar-refractivity contribution in [3.8, 4) is 11.5 Å². The molecule has 4 N–H and O–H groups in total. The highest BCUT2D eigenvalue weighted by atomic mass is 16.5. The van der Waals surface area contributed by atoms with Crippen LogP contribution in [0.1, 0.15) is 31.9 Å². The summed E-state index contributed by atoms with van der Waals surface area (Å²) in [6.45, 7) is 6.24. The van der Waals surface area contributed by atoms with Gasteiger partial charge in [-0.2, -0.15) is 9.97 Å². The number of rotatable bonds is 9. The number of phenolic OH excluding ortho intramolecular Hbond substituents is 1. The molecule has 0 aliphatic rings. The number of methoxy groups -OCH3 is 1. The molecule has 9 nitrogen and oxygen atoms in total. The van der Waals surface area contributed by atoms with Gasteiger partial charge in [-0.05, 0) is 32.4 Å². The van der Waals surface area contributed by atoms with E-state index in [4.69, 9.17) is 9.72 Å². The monoisotopic (exact) mass is 462 g/mol. The zero-order chi connectivity index (χ0) is 24.3. The number of anilines is 2. The molecule has 2 aromatic carbocycles. The number of fused-ring (bicyclic) bond motifs is 1. The molecular formula is C25H30N6O3. The number of nitrogens with zero attached hydrogens (tertiary/aromatic N) is 4. The summed E-state index contributed by atoms with van der Waals surface area (Å²) in [6, 6.07) is 15.1. The Bertz CT molecular complexity index is 1270. The highest BCUT2D eigenvalue weighted by Gasteiger charge is 2.24. The van der Waals surface area contributed by atoms with E-state index in [0.717, 1.165) is 5.56 Å². The molecule has 0 amide bonds. The number of para-hydroxylation sites is 1. The molecule has 2 aromatic heterocycles. The number of aromatic hydroxyl groups is 1. The van der Waals surface area contributed by atoms with Crippen LogP contribution in [0.4, 0.5) is 11.8 Å². The van der Waals surface area contributed by atoms with E-state index >= 15 is 0 Å². The predicted molar refractivity (Wildman–Crippen MR) is 132 cm³/mol. The Kier molecular flexibility index (Phi) is 6.56. The first kappa shape index (κ1) is 23.3. The average Bonchev–Trinajstić information content (AvgIpc) is 3.21. The van der Waals surface area contributed by atoms with Crippen molar-refractivity contribution in [1.29, 1.82) is 0 Å². The maximum absolute atomic E-state index is 10.5. The average molecular weight is 463 g/mol. The van der Waals surface area contributed by atoms with Crippen molar-refractivity contribution in [2.45, 2.75) is 45.5 Å². The number of aliphatic hydroxyl groups is 1. The van der Waals surface area contributed by atoms with Gasteiger partial charge in [0.15, 0.2) is 28.5 Å². The van der Waals surface area contributed by atoms with Crippen LogP contribution in [0.25, 0.3) is 11.2 Å². The fourth-order valence-corrected chi connectivity index (χ4v) is 3.45. The van der Waals surface area contributed by atoms with Crippen LogP contribution in [-0.4, -0.2) is 48.5 Å². The lowest BCUT2D eigenvalue weighted by atomic mass is 10.0. The van der Waals surface area contributed by atoms with Gasteiger partial charge in [-0.1, -0.05) is 42.5 Å². The van der Waals surface area contributed by atoms with Crippen LogP contribution < -0.4 is 15.4 Å². The number of imidazole rings is 1. The summed E-state index contributed by atoms with van der Waals surface area (Å²) in [5, 5.41) is 27.3. The van der Waals surface area contributed by atoms with Crippen molar-refractivity contribution in [3.05, 3.63) is 66.0 Å². The lowest BCUT2D eigenvalue weighted by Crippen LogP contribution is -2.39. The molecule has 1 unspecified atom stereocenters. The molecule has 2 heterocycles. The van der Waals surface area contributed by atoms with Crippen LogP contribution >= 0.6 is 0 Å². The SMILES string of the molecule is COc1cccc(CNc2nc(NC(C)C(C)(C)O)nc3c2ncn3Cc2ccccc2)c1O. The highest BCUT2D eigenvalue weighted by Crippen LogP contribution is 2.30. The van der Waals surface area contributed by atoms with E-state index in [1.165, 1.54) is 7.11 Å². The smallest absolute Gasteiger partial charge is 0.227 e. The van der Waals surface area contributed by atoms with Crippen LogP contribution in [0.2, 0.25) is 0 Å². The van der Waals surface area contributed by atoms with Crippen molar-refractivity contribution < 1.29 is 14.9 Å². The largest absolute Gasteiger partial charge is 0.504 e. The van der Waals surface area contributed by atoms with Gasteiger partial charge in [0.25, 0.3) is 0 Å². The van der Waals surface area contributed by atoms with E-state index in [9.17, 15) is 10.2 Å². The maximum Gasteiger partial charge on any atom is 0.227 e. The Hall–Kier alpha value is -3.85. The molecule has 4 rings (SSSR count). The zero-order valence-corrected chi connectivity index (χ0v) is 19.8. The first-order valence-electron chi connectivity index (χ1n) is 11.1. The van der Waals surface area contributed by atoms with Crippen LogP contribution in [0.5, 0.6) is 11.5 Å². The second-order valence-electron chi connectivity index (χ2n) is 8.77. The number of aromatic nitrogens is 4. The minimum Gasteiger partial charge on any atom is -0.504 e. The summed E-state index contributed by atoms with van der Waals surface area (Å²) in [7, 11) is 1.52. The highest BCUT2D eigenvalue weighted by molar-refractivity contribution is 5.84. The number of hydrogen-bond acceptors (Lipinski definition) is 8. The van der Waals surface area contributed by atoms with Crippen LogP contribution in [0, 0.1) is 0 Å². The van der Waals surface area contributed by atoms with E-state index < -0.39 is 5.60 Å². The molecule has 0 fully saturated rings. The van der Waals surface area contributed by atoms with E-state index in [1.807, 2.05) is 54.0 Å². The van der Waals surface area contributed by atoms with Crippen molar-refractivity contribution in [1.82, 2.24) is 19.5 Å². The fourth-order valence-electron chi connectivity index (χ4n) is 3.45. The minimum atomic E-state index is -0.970. The van der Waals surface area contributed by atoms with Crippen molar-refractivity contribution in [2.24, 2.45) is 0 Å². The van der Waals surface area contributed by atoms with Gasteiger partial charge in [0, 0.05) is 12.1 Å². The second-order valence-corrected chi connectivity index (χ2v) is 8.77. The lowest BCUT2D eigenvalue weighted by Gasteiger charge is -2.26. The summed E-state index contributed by atoms with van der Waals surface area (Å²) >= 11 is 0. The third kappa shape index (κ3) is 5.04. The predicted octanol–water partition coefficient (Wildman–Crippen LogP) is 3.77. The van der Waals surface area contributed by atoms with Gasteiger partial charge in [-0.15, -0.1) is 0 Å². The van der Waals surface area contributed by atoms with Gasteiger partial charge in [-0.3, -0.25) is 0 Å². The molecule has 0 aliphatic carbocycles. The topological polar surface area (TPSA) is 117 Å². The Labute approximate surface area is 198 Å². The van der Waals surface area contributed by atoms with E-state index in [0.29, 0.717) is 47.3 Å².